The van der Waals surface area contributed by atoms with E-state index in [1.807, 2.05) is 0 Å². The number of nitrogens with one attached hydrogen (secondary N) is 1. The molecule has 1 aliphatic rings. The molecule has 1 aromatic rings. The summed E-state index contributed by atoms with van der Waals surface area (Å²) in [6, 6.07) is 4.24. The summed E-state index contributed by atoms with van der Waals surface area (Å²) in [5, 5.41) is 14.7. The summed E-state index contributed by atoms with van der Waals surface area (Å²) >= 11 is 0. The van der Waals surface area contributed by atoms with Crippen LogP contribution in [0.4, 0.5) is 11.4 Å². The van der Waals surface area contributed by atoms with Gasteiger partial charge in [0.2, 0.25) is 0 Å². The molecule has 27 heavy (non-hydrogen) atoms. The Kier molecular flexibility index (Phi) is 6.37. The third-order valence-electron chi connectivity index (χ3n) is 3.59. The van der Waals surface area contributed by atoms with Crippen LogP contribution in [0, 0.1) is 10.1 Å². The maximum atomic E-state index is 13.6. The van der Waals surface area contributed by atoms with Crippen molar-refractivity contribution in [3.05, 3.63) is 28.3 Å². The summed E-state index contributed by atoms with van der Waals surface area (Å²) in [7, 11) is -3.73. The maximum Gasteiger partial charge on any atom is 0.362 e. The molecule has 0 spiro atoms. The summed E-state index contributed by atoms with van der Waals surface area (Å²) in [6.45, 7) is 11.8. The highest BCUT2D eigenvalue weighted by Gasteiger charge is 2.38. The van der Waals surface area contributed by atoms with Gasteiger partial charge in [-0.25, -0.2) is 0 Å². The minimum absolute atomic E-state index is 0.0247. The van der Waals surface area contributed by atoms with Crippen LogP contribution in [0.5, 0.6) is 0 Å². The topological polar surface area (TPSA) is 99.9 Å². The number of hydrogen-bond acceptors (Lipinski definition) is 7. The molecule has 1 aromatic carbocycles. The Labute approximate surface area is 160 Å². The van der Waals surface area contributed by atoms with E-state index >= 15 is 0 Å². The minimum atomic E-state index is -3.73. The highest BCUT2D eigenvalue weighted by atomic mass is 31.2. The highest BCUT2D eigenvalue weighted by Crippen LogP contribution is 2.54. The van der Waals surface area contributed by atoms with Gasteiger partial charge < -0.3 is 10.1 Å². The fourth-order valence-electron chi connectivity index (χ4n) is 2.51. The molecule has 1 saturated heterocycles. The van der Waals surface area contributed by atoms with Gasteiger partial charge in [0.1, 0.15) is 5.69 Å². The second-order valence-corrected chi connectivity index (χ2v) is 10.4. The molecule has 2 rings (SSSR count). The first-order valence-corrected chi connectivity index (χ1v) is 10.5. The number of hydrogen-bond donors (Lipinski definition) is 1. The third-order valence-corrected chi connectivity index (χ3v) is 6.08. The van der Waals surface area contributed by atoms with E-state index in [4.69, 9.17) is 13.8 Å². The van der Waals surface area contributed by atoms with Gasteiger partial charge in [-0.1, -0.05) is 0 Å². The Morgan fingerprint density at radius 1 is 1.22 bits per heavy atom. The van der Waals surface area contributed by atoms with Crippen molar-refractivity contribution < 1.29 is 23.3 Å². The molecule has 152 valence electrons. The molecule has 8 nitrogen and oxygen atoms in total. The molecular formula is C18H29N2O6P. The van der Waals surface area contributed by atoms with Gasteiger partial charge in [-0.05, 0) is 60.1 Å². The van der Waals surface area contributed by atoms with Crippen molar-refractivity contribution in [2.45, 2.75) is 65.3 Å². The first-order valence-electron chi connectivity index (χ1n) is 8.95. The Bertz CT molecular complexity index is 714. The van der Waals surface area contributed by atoms with E-state index in [9.17, 15) is 14.7 Å². The minimum Gasteiger partial charge on any atom is -0.377 e. The van der Waals surface area contributed by atoms with E-state index in [0.29, 0.717) is 13.2 Å². The lowest BCUT2D eigenvalue weighted by Crippen LogP contribution is -2.33. The quantitative estimate of drug-likeness (QED) is 0.415. The zero-order valence-electron chi connectivity index (χ0n) is 16.8. The van der Waals surface area contributed by atoms with Crippen molar-refractivity contribution in [3.8, 4) is 0 Å². The van der Waals surface area contributed by atoms with Gasteiger partial charge in [0, 0.05) is 19.2 Å². The van der Waals surface area contributed by atoms with E-state index < -0.39 is 23.7 Å². The molecule has 0 unspecified atom stereocenters. The van der Waals surface area contributed by atoms with E-state index in [2.05, 4.69) is 5.32 Å². The van der Waals surface area contributed by atoms with Crippen molar-refractivity contribution in [1.29, 1.82) is 0 Å². The van der Waals surface area contributed by atoms with Gasteiger partial charge in [-0.3, -0.25) is 23.7 Å². The van der Waals surface area contributed by atoms with Gasteiger partial charge in [0.15, 0.2) is 0 Å². The number of anilines is 1. The molecule has 0 saturated carbocycles. The lowest BCUT2D eigenvalue weighted by atomic mass is 10.2. The second kappa shape index (κ2) is 7.87. The van der Waals surface area contributed by atoms with Crippen LogP contribution in [0.25, 0.3) is 0 Å². The predicted molar refractivity (Wildman–Crippen MR) is 105 cm³/mol. The van der Waals surface area contributed by atoms with Crippen LogP contribution in [0.2, 0.25) is 0 Å². The molecule has 0 amide bonds. The van der Waals surface area contributed by atoms with Crippen molar-refractivity contribution in [2.75, 3.05) is 18.5 Å². The van der Waals surface area contributed by atoms with E-state index in [1.54, 1.807) is 41.5 Å². The number of nitro groups is 1. The van der Waals surface area contributed by atoms with Gasteiger partial charge in [0.05, 0.1) is 27.5 Å². The van der Waals surface area contributed by atoms with Crippen molar-refractivity contribution in [1.82, 2.24) is 0 Å². The van der Waals surface area contributed by atoms with Gasteiger partial charge >= 0.3 is 7.60 Å². The molecule has 1 heterocycles. The normalized spacial score (nSPS) is 18.1. The molecule has 1 atom stereocenters. The summed E-state index contributed by atoms with van der Waals surface area (Å²) in [5.74, 6) is 0. The number of nitro benzene ring substituents is 1. The fraction of sp³-hybridized carbons (Fsp3) is 0.667. The second-order valence-electron chi connectivity index (χ2n) is 8.53. The first kappa shape index (κ1) is 21.8. The average Bonchev–Trinajstić information content (AvgIpc) is 2.41. The molecule has 0 bridgehead atoms. The smallest absolute Gasteiger partial charge is 0.362 e. The molecule has 0 aromatic heterocycles. The van der Waals surface area contributed by atoms with Crippen LogP contribution in [0.15, 0.2) is 18.2 Å². The number of nitrogens with zero attached hydrogens (tertiary/aromatic N) is 1. The van der Waals surface area contributed by atoms with Crippen molar-refractivity contribution in [3.63, 3.8) is 0 Å². The molecular weight excluding hydrogens is 371 g/mol. The van der Waals surface area contributed by atoms with Gasteiger partial charge in [0.25, 0.3) is 5.69 Å². The Hall–Kier alpha value is -1.47. The van der Waals surface area contributed by atoms with Crippen molar-refractivity contribution >= 4 is 24.3 Å². The first-order chi connectivity index (χ1) is 12.3. The summed E-state index contributed by atoms with van der Waals surface area (Å²) in [5.41, 5.74) is -1.29. The Morgan fingerprint density at radius 3 is 2.19 bits per heavy atom. The van der Waals surface area contributed by atoms with Crippen molar-refractivity contribution in [2.24, 2.45) is 0 Å². The SMILES string of the molecule is CC(C)(C)OP(=O)(OC(C)(C)C)c1ccc([N+](=O)[O-])c(NC[C@@H]2CCO2)c1. The number of rotatable bonds is 7. The maximum absolute atomic E-state index is 13.6. The van der Waals surface area contributed by atoms with Crippen LogP contribution in [-0.2, 0) is 18.3 Å². The zero-order chi connectivity index (χ0) is 20.5. The van der Waals surface area contributed by atoms with Gasteiger partial charge in [-0.15, -0.1) is 0 Å². The largest absolute Gasteiger partial charge is 0.377 e. The molecule has 0 radical (unpaired) electrons. The highest BCUT2D eigenvalue weighted by molar-refractivity contribution is 7.62. The lowest BCUT2D eigenvalue weighted by Gasteiger charge is -2.32. The number of ether oxygens (including phenoxy) is 1. The molecule has 1 fully saturated rings. The van der Waals surface area contributed by atoms with E-state index in [-0.39, 0.29) is 22.8 Å². The zero-order valence-corrected chi connectivity index (χ0v) is 17.7. The van der Waals surface area contributed by atoms with E-state index in [0.717, 1.165) is 6.42 Å². The van der Waals surface area contributed by atoms with Crippen LogP contribution < -0.4 is 10.6 Å². The predicted octanol–water partition coefficient (Wildman–Crippen LogP) is 4.24. The van der Waals surface area contributed by atoms with Gasteiger partial charge in [-0.2, -0.15) is 0 Å². The van der Waals surface area contributed by atoms with Crippen LogP contribution in [0.3, 0.4) is 0 Å². The standard InChI is InChI=1S/C18H29N2O6P/c1-17(2,3)25-27(23,26-18(4,5)6)14-7-8-16(20(21)22)15(11-14)19-12-13-9-10-24-13/h7-8,11,13,19H,9-10,12H2,1-6H3/t13-/m0/s1. The monoisotopic (exact) mass is 400 g/mol. The third kappa shape index (κ3) is 6.28. The molecule has 9 heteroatoms. The van der Waals surface area contributed by atoms with E-state index in [1.165, 1.54) is 18.2 Å². The van der Waals surface area contributed by atoms with Crippen LogP contribution >= 0.6 is 7.60 Å². The molecule has 1 aliphatic heterocycles. The summed E-state index contributed by atoms with van der Waals surface area (Å²) in [6.07, 6.45) is 0.927. The van der Waals surface area contributed by atoms with Crippen LogP contribution in [0.1, 0.15) is 48.0 Å². The molecule has 0 aliphatic carbocycles. The number of benzene rings is 1. The summed E-state index contributed by atoms with van der Waals surface area (Å²) < 4.78 is 30.6. The average molecular weight is 400 g/mol. The lowest BCUT2D eigenvalue weighted by molar-refractivity contribution is -0.383. The Balaban J connectivity index is 2.41. The molecule has 1 N–H and O–H groups in total. The van der Waals surface area contributed by atoms with Crippen LogP contribution in [-0.4, -0.2) is 35.4 Å². The Morgan fingerprint density at radius 2 is 1.78 bits per heavy atom. The fourth-order valence-corrected chi connectivity index (χ4v) is 4.74. The summed E-state index contributed by atoms with van der Waals surface area (Å²) in [4.78, 5) is 10.9.